The van der Waals surface area contributed by atoms with E-state index in [1.165, 1.54) is 0 Å². The van der Waals surface area contributed by atoms with E-state index in [1.807, 2.05) is 36.5 Å². The molecule has 6 atom stereocenters. The molecule has 0 bridgehead atoms. The Balaban J connectivity index is 1.41. The number of hydrogen-bond acceptors (Lipinski definition) is 8. The lowest BCUT2D eigenvalue weighted by molar-refractivity contribution is -0.135. The van der Waals surface area contributed by atoms with Crippen LogP contribution in [0, 0.1) is 11.8 Å². The molecular formula is C32H48N4O7S. The van der Waals surface area contributed by atoms with Gasteiger partial charge in [0.2, 0.25) is 15.9 Å². The monoisotopic (exact) mass is 632 g/mol. The molecule has 2 aliphatic heterocycles. The molecule has 1 saturated heterocycles. The first-order valence-electron chi connectivity index (χ1n) is 16.1. The lowest BCUT2D eigenvalue weighted by Gasteiger charge is -2.32. The van der Waals surface area contributed by atoms with Crippen molar-refractivity contribution in [2.75, 3.05) is 13.1 Å². The van der Waals surface area contributed by atoms with Crippen LogP contribution in [-0.4, -0.2) is 83.5 Å². The fraction of sp³-hybridized carbons (Fsp3) is 0.719. The van der Waals surface area contributed by atoms with Crippen LogP contribution in [0.4, 0.5) is 4.79 Å². The number of sulfonamides is 1. The Kier molecular flexibility index (Phi) is 9.36. The molecule has 244 valence electrons. The third kappa shape index (κ3) is 7.56. The van der Waals surface area contributed by atoms with Gasteiger partial charge in [-0.1, -0.05) is 49.3 Å². The molecule has 0 aromatic heterocycles. The average Bonchev–Trinajstić information content (AvgIpc) is 3.87. The standard InChI is InChI=1S/C32H48N4O7S/c1-30(2,3)43-29(39)34-26-15-11-6-4-5-8-14-23-18-32(23,28(38)35-44(41,42)25-16-17-25)33-20-24-19-31(40,21-36(24)27(26)37)22-12-9-7-10-13-22/h7-10,12,14,22-26,33,40H,4-6,11,13,15-21H2,1-3H3,(H,34,39)(H,35,38)/b14-8-/t22?,23-,24+,26+,31+,32-/m1/s1. The van der Waals surface area contributed by atoms with Crippen LogP contribution in [0.5, 0.6) is 0 Å². The minimum atomic E-state index is -3.74. The summed E-state index contributed by atoms with van der Waals surface area (Å²) in [5.74, 6) is -1.25. The number of carbonyl (C=O) groups is 3. The maximum absolute atomic E-state index is 14.2. The van der Waals surface area contributed by atoms with Crippen molar-refractivity contribution in [2.24, 2.45) is 11.8 Å². The van der Waals surface area contributed by atoms with Crippen LogP contribution in [-0.2, 0) is 24.3 Å². The SMILES string of the molecule is CC(C)(C)OC(=O)N[C@H]1CCCCC/C=C\[C@@H]2C[C@@]2(C(=O)NS(=O)(=O)C2CC2)NC[C@@H]2C[C@@](O)(C3C=CC=CC3)CN2C1=O. The second-order valence-corrected chi connectivity index (χ2v) is 16.1. The first kappa shape index (κ1) is 32.7. The molecule has 11 nitrogen and oxygen atoms in total. The van der Waals surface area contributed by atoms with Gasteiger partial charge in [0.05, 0.1) is 17.4 Å². The number of aliphatic hydroxyl groups is 1. The number of rotatable bonds is 5. The maximum Gasteiger partial charge on any atom is 0.408 e. The van der Waals surface area contributed by atoms with Crippen LogP contribution in [0.1, 0.15) is 85.0 Å². The molecule has 2 heterocycles. The van der Waals surface area contributed by atoms with E-state index >= 15 is 0 Å². The minimum absolute atomic E-state index is 0.0755. The van der Waals surface area contributed by atoms with Crippen LogP contribution < -0.4 is 15.4 Å². The number of amides is 3. The summed E-state index contributed by atoms with van der Waals surface area (Å²) in [6.45, 7) is 5.55. The van der Waals surface area contributed by atoms with Gasteiger partial charge in [0, 0.05) is 30.8 Å². The largest absolute Gasteiger partial charge is 0.444 e. The molecule has 5 aliphatic rings. The second kappa shape index (κ2) is 12.6. The van der Waals surface area contributed by atoms with E-state index < -0.39 is 56.1 Å². The highest BCUT2D eigenvalue weighted by molar-refractivity contribution is 7.91. The summed E-state index contributed by atoms with van der Waals surface area (Å²) >= 11 is 0. The number of allylic oxidation sites excluding steroid dienone is 4. The fourth-order valence-electron chi connectivity index (χ4n) is 6.70. The van der Waals surface area contributed by atoms with E-state index in [2.05, 4.69) is 15.4 Å². The number of alkyl carbamates (subject to hydrolysis) is 1. The lowest BCUT2D eigenvalue weighted by atomic mass is 9.81. The van der Waals surface area contributed by atoms with E-state index in [-0.39, 0.29) is 37.3 Å². The van der Waals surface area contributed by atoms with Gasteiger partial charge in [-0.15, -0.1) is 0 Å². The molecule has 5 rings (SSSR count). The molecule has 12 heteroatoms. The number of ether oxygens (including phenoxy) is 1. The summed E-state index contributed by atoms with van der Waals surface area (Å²) in [5.41, 5.74) is -3.06. The van der Waals surface area contributed by atoms with Gasteiger partial charge >= 0.3 is 6.09 Å². The third-order valence-electron chi connectivity index (χ3n) is 9.42. The summed E-state index contributed by atoms with van der Waals surface area (Å²) in [4.78, 5) is 42.2. The van der Waals surface area contributed by atoms with Gasteiger partial charge in [0.25, 0.3) is 5.91 Å². The zero-order chi connectivity index (χ0) is 31.8. The van der Waals surface area contributed by atoms with Crippen molar-refractivity contribution < 1.29 is 32.6 Å². The highest BCUT2D eigenvalue weighted by Gasteiger charge is 2.60. The number of fused-ring (bicyclic) bond motifs is 2. The van der Waals surface area contributed by atoms with Gasteiger partial charge < -0.3 is 25.4 Å². The highest BCUT2D eigenvalue weighted by Crippen LogP contribution is 2.46. The van der Waals surface area contributed by atoms with Crippen molar-refractivity contribution in [3.05, 3.63) is 36.5 Å². The Labute approximate surface area is 261 Å². The minimum Gasteiger partial charge on any atom is -0.444 e. The van der Waals surface area contributed by atoms with Gasteiger partial charge in [0.15, 0.2) is 0 Å². The van der Waals surface area contributed by atoms with Crippen LogP contribution in [0.3, 0.4) is 0 Å². The Bertz CT molecular complexity index is 1320. The Morgan fingerprint density at radius 1 is 1.05 bits per heavy atom. The van der Waals surface area contributed by atoms with Crippen molar-refractivity contribution in [3.63, 3.8) is 0 Å². The zero-order valence-electron chi connectivity index (χ0n) is 26.1. The van der Waals surface area contributed by atoms with Gasteiger partial charge in [-0.3, -0.25) is 14.3 Å². The van der Waals surface area contributed by atoms with Gasteiger partial charge in [-0.2, -0.15) is 0 Å². The van der Waals surface area contributed by atoms with E-state index in [1.54, 1.807) is 25.7 Å². The first-order valence-corrected chi connectivity index (χ1v) is 17.6. The molecule has 3 fully saturated rings. The molecule has 0 aromatic rings. The lowest BCUT2D eigenvalue weighted by Crippen LogP contribution is -2.56. The average molecular weight is 633 g/mol. The van der Waals surface area contributed by atoms with Crippen molar-refractivity contribution >= 4 is 27.9 Å². The van der Waals surface area contributed by atoms with Gasteiger partial charge in [0.1, 0.15) is 17.2 Å². The van der Waals surface area contributed by atoms with E-state index in [4.69, 9.17) is 4.74 Å². The third-order valence-corrected chi connectivity index (χ3v) is 11.2. The van der Waals surface area contributed by atoms with Crippen LogP contribution in [0.15, 0.2) is 36.5 Å². The van der Waals surface area contributed by atoms with E-state index in [0.717, 1.165) is 19.3 Å². The van der Waals surface area contributed by atoms with Crippen LogP contribution in [0.2, 0.25) is 0 Å². The quantitative estimate of drug-likeness (QED) is 0.338. The molecular weight excluding hydrogens is 584 g/mol. The second-order valence-electron chi connectivity index (χ2n) is 14.2. The molecule has 0 radical (unpaired) electrons. The first-order chi connectivity index (χ1) is 20.7. The summed E-state index contributed by atoms with van der Waals surface area (Å²) in [5, 5.41) is 17.6. The zero-order valence-corrected chi connectivity index (χ0v) is 26.9. The number of hydrogen-bond donors (Lipinski definition) is 4. The molecule has 4 N–H and O–H groups in total. The van der Waals surface area contributed by atoms with Gasteiger partial charge in [-0.05, 0) is 65.7 Å². The van der Waals surface area contributed by atoms with E-state index in [0.29, 0.717) is 38.5 Å². The molecule has 44 heavy (non-hydrogen) atoms. The summed E-state index contributed by atoms with van der Waals surface area (Å²) < 4.78 is 33.2. The van der Waals surface area contributed by atoms with Gasteiger partial charge in [-0.25, -0.2) is 13.2 Å². The Morgan fingerprint density at radius 3 is 2.50 bits per heavy atom. The number of nitrogens with zero attached hydrogens (tertiary/aromatic N) is 1. The molecule has 0 spiro atoms. The summed E-state index contributed by atoms with van der Waals surface area (Å²) in [7, 11) is -3.74. The number of carbonyl (C=O) groups excluding carboxylic acids is 3. The highest BCUT2D eigenvalue weighted by atomic mass is 32.2. The molecule has 3 amide bonds. The van der Waals surface area contributed by atoms with E-state index in [9.17, 15) is 27.9 Å². The summed E-state index contributed by atoms with van der Waals surface area (Å²) in [6.07, 6.45) is 17.2. The number of nitrogens with one attached hydrogen (secondary N) is 3. The Hall–Kier alpha value is -2.70. The molecule has 3 aliphatic carbocycles. The Morgan fingerprint density at radius 2 is 1.82 bits per heavy atom. The molecule has 1 unspecified atom stereocenters. The van der Waals surface area contributed by atoms with Crippen molar-refractivity contribution in [3.8, 4) is 0 Å². The molecule has 0 aromatic carbocycles. The van der Waals surface area contributed by atoms with Crippen LogP contribution >= 0.6 is 0 Å². The summed E-state index contributed by atoms with van der Waals surface area (Å²) in [6, 6.07) is -1.33. The van der Waals surface area contributed by atoms with Crippen molar-refractivity contribution in [1.82, 2.24) is 20.3 Å². The topological polar surface area (TPSA) is 154 Å². The maximum atomic E-state index is 14.2. The predicted molar refractivity (Wildman–Crippen MR) is 166 cm³/mol. The smallest absolute Gasteiger partial charge is 0.408 e. The fourth-order valence-corrected chi connectivity index (χ4v) is 8.06. The predicted octanol–water partition coefficient (Wildman–Crippen LogP) is 2.82. The normalized spacial score (nSPS) is 35.5. The van der Waals surface area contributed by atoms with Crippen molar-refractivity contribution in [1.29, 1.82) is 0 Å². The van der Waals surface area contributed by atoms with Crippen molar-refractivity contribution in [2.45, 2.75) is 119 Å². The van der Waals surface area contributed by atoms with Crippen LogP contribution in [0.25, 0.3) is 0 Å². The molecule has 2 saturated carbocycles.